The molecule has 3 atom stereocenters. The molecule has 0 bridgehead atoms. The van der Waals surface area contributed by atoms with Crippen molar-refractivity contribution >= 4 is 29.6 Å². The molecule has 0 aromatic heterocycles. The van der Waals surface area contributed by atoms with Crippen LogP contribution in [0.25, 0.3) is 0 Å². The van der Waals surface area contributed by atoms with E-state index in [0.717, 1.165) is 24.7 Å². The molecule has 0 spiro atoms. The standard InChI is InChI=1S/C23H37F3N4O6/c1-13(2)12-22(5,28-20(35)23(24,25)26)21(36)29(6)17(14(3)4)18(33)27-15(11-16(31)32)19(34)30-9-7-8-10-30/h13-15,17H,7-12H2,1-6H3,(H,27,33)(H,28,35)(H,31,32)/t15-,17?,22-/m0/s1. The lowest BCUT2D eigenvalue weighted by atomic mass is 9.87. The van der Waals surface area contributed by atoms with Crippen molar-refractivity contribution in [3.05, 3.63) is 0 Å². The molecule has 13 heteroatoms. The summed E-state index contributed by atoms with van der Waals surface area (Å²) in [6.07, 6.45) is -4.52. The summed E-state index contributed by atoms with van der Waals surface area (Å²) in [7, 11) is 1.22. The van der Waals surface area contributed by atoms with E-state index in [1.54, 1.807) is 33.0 Å². The van der Waals surface area contributed by atoms with Crippen LogP contribution in [-0.2, 0) is 24.0 Å². The number of nitrogens with zero attached hydrogens (tertiary/aromatic N) is 2. The van der Waals surface area contributed by atoms with E-state index in [1.807, 2.05) is 0 Å². The SMILES string of the molecule is CC(C)C[C@](C)(NC(=O)C(F)(F)F)C(=O)N(C)C(C(=O)N[C@@H](CC(=O)O)C(=O)N1CCCC1)C(C)C. The highest BCUT2D eigenvalue weighted by molar-refractivity contribution is 5.97. The van der Waals surface area contributed by atoms with Gasteiger partial charge in [0, 0.05) is 20.1 Å². The van der Waals surface area contributed by atoms with Gasteiger partial charge in [-0.05, 0) is 38.0 Å². The average molecular weight is 523 g/mol. The summed E-state index contributed by atoms with van der Waals surface area (Å²) < 4.78 is 38.9. The number of carboxylic acid groups (broad SMARTS) is 1. The Morgan fingerprint density at radius 3 is 1.97 bits per heavy atom. The molecular formula is C23H37F3N4O6. The van der Waals surface area contributed by atoms with Crippen LogP contribution in [0.4, 0.5) is 13.2 Å². The summed E-state index contributed by atoms with van der Waals surface area (Å²) in [5, 5.41) is 13.5. The van der Waals surface area contributed by atoms with Gasteiger partial charge < -0.3 is 25.5 Å². The zero-order chi connectivity index (χ0) is 28.0. The average Bonchev–Trinajstić information content (AvgIpc) is 3.25. The van der Waals surface area contributed by atoms with E-state index in [9.17, 15) is 42.3 Å². The van der Waals surface area contributed by atoms with Gasteiger partial charge in [0.05, 0.1) is 6.42 Å². The molecule has 1 unspecified atom stereocenters. The third kappa shape index (κ3) is 8.37. The number of carbonyl (C=O) groups excluding carboxylic acids is 4. The lowest BCUT2D eigenvalue weighted by molar-refractivity contribution is -0.177. The van der Waals surface area contributed by atoms with Gasteiger partial charge in [-0.2, -0.15) is 13.2 Å². The predicted octanol–water partition coefficient (Wildman–Crippen LogP) is 1.53. The summed E-state index contributed by atoms with van der Waals surface area (Å²) in [5.41, 5.74) is -1.98. The van der Waals surface area contributed by atoms with E-state index in [0.29, 0.717) is 13.1 Å². The molecule has 1 fully saturated rings. The van der Waals surface area contributed by atoms with Crippen LogP contribution >= 0.6 is 0 Å². The Bertz CT molecular complexity index is 842. The van der Waals surface area contributed by atoms with Gasteiger partial charge in [0.1, 0.15) is 17.6 Å². The van der Waals surface area contributed by atoms with Gasteiger partial charge in [-0.25, -0.2) is 0 Å². The van der Waals surface area contributed by atoms with Gasteiger partial charge >= 0.3 is 18.1 Å². The van der Waals surface area contributed by atoms with Crippen LogP contribution in [0, 0.1) is 11.8 Å². The fraction of sp³-hybridized carbons (Fsp3) is 0.783. The minimum atomic E-state index is -5.22. The molecule has 1 aliphatic heterocycles. The number of nitrogens with one attached hydrogen (secondary N) is 2. The Kier molecular flexibility index (Phi) is 10.7. The number of carboxylic acids is 1. The second-order valence-corrected chi connectivity index (χ2v) is 10.2. The number of alkyl halides is 3. The largest absolute Gasteiger partial charge is 0.481 e. The van der Waals surface area contributed by atoms with Crippen molar-refractivity contribution in [3.63, 3.8) is 0 Å². The first-order valence-corrected chi connectivity index (χ1v) is 11.9. The van der Waals surface area contributed by atoms with Gasteiger partial charge in [-0.3, -0.25) is 24.0 Å². The first-order chi connectivity index (χ1) is 16.4. The van der Waals surface area contributed by atoms with Crippen LogP contribution in [0.15, 0.2) is 0 Å². The van der Waals surface area contributed by atoms with Gasteiger partial charge in [-0.1, -0.05) is 27.7 Å². The minimum Gasteiger partial charge on any atom is -0.481 e. The molecule has 10 nitrogen and oxygen atoms in total. The van der Waals surface area contributed by atoms with Crippen molar-refractivity contribution < 1.29 is 42.3 Å². The second kappa shape index (κ2) is 12.4. The van der Waals surface area contributed by atoms with Crippen molar-refractivity contribution in [2.75, 3.05) is 20.1 Å². The molecule has 0 saturated carbocycles. The number of aliphatic carboxylic acids is 1. The van der Waals surface area contributed by atoms with Crippen LogP contribution in [0.2, 0.25) is 0 Å². The molecule has 0 aromatic rings. The summed E-state index contributed by atoms with van der Waals surface area (Å²) in [4.78, 5) is 64.9. The Labute approximate surface area is 208 Å². The fourth-order valence-corrected chi connectivity index (χ4v) is 4.56. The van der Waals surface area contributed by atoms with E-state index in [-0.39, 0.29) is 12.3 Å². The lowest BCUT2D eigenvalue weighted by Gasteiger charge is -2.39. The topological polar surface area (TPSA) is 136 Å². The molecule has 0 radical (unpaired) electrons. The van der Waals surface area contributed by atoms with E-state index in [1.165, 1.54) is 11.9 Å². The van der Waals surface area contributed by atoms with Crippen LogP contribution in [0.3, 0.4) is 0 Å². The highest BCUT2D eigenvalue weighted by Crippen LogP contribution is 2.25. The number of likely N-dealkylation sites (tertiary alicyclic amines) is 1. The van der Waals surface area contributed by atoms with E-state index in [4.69, 9.17) is 0 Å². The highest BCUT2D eigenvalue weighted by Gasteiger charge is 2.48. The van der Waals surface area contributed by atoms with Crippen LogP contribution < -0.4 is 10.6 Å². The van der Waals surface area contributed by atoms with Crippen molar-refractivity contribution in [2.24, 2.45) is 11.8 Å². The number of hydrogen-bond donors (Lipinski definition) is 3. The van der Waals surface area contributed by atoms with Crippen molar-refractivity contribution in [1.82, 2.24) is 20.4 Å². The lowest BCUT2D eigenvalue weighted by Crippen LogP contribution is -2.64. The summed E-state index contributed by atoms with van der Waals surface area (Å²) in [5.74, 6) is -6.74. The predicted molar refractivity (Wildman–Crippen MR) is 123 cm³/mol. The number of hydrogen-bond acceptors (Lipinski definition) is 5. The van der Waals surface area contributed by atoms with Gasteiger partial charge in [-0.15, -0.1) is 0 Å². The Balaban J connectivity index is 3.23. The normalized spacial score (nSPS) is 17.4. The third-order valence-electron chi connectivity index (χ3n) is 5.98. The number of carbonyl (C=O) groups is 5. The number of rotatable bonds is 11. The molecule has 4 amide bonds. The van der Waals surface area contributed by atoms with Gasteiger partial charge in [0.15, 0.2) is 0 Å². The molecule has 1 heterocycles. The van der Waals surface area contributed by atoms with E-state index < -0.39 is 65.7 Å². The van der Waals surface area contributed by atoms with Crippen LogP contribution in [0.1, 0.15) is 60.3 Å². The Morgan fingerprint density at radius 1 is 1.03 bits per heavy atom. The summed E-state index contributed by atoms with van der Waals surface area (Å²) in [6.45, 7) is 8.55. The highest BCUT2D eigenvalue weighted by atomic mass is 19.4. The van der Waals surface area contributed by atoms with E-state index >= 15 is 0 Å². The third-order valence-corrected chi connectivity index (χ3v) is 5.98. The van der Waals surface area contributed by atoms with Crippen molar-refractivity contribution in [3.8, 4) is 0 Å². The monoisotopic (exact) mass is 522 g/mol. The number of halogens is 3. The maximum atomic E-state index is 13.4. The zero-order valence-corrected chi connectivity index (χ0v) is 21.6. The van der Waals surface area contributed by atoms with Gasteiger partial charge in [0.25, 0.3) is 0 Å². The van der Waals surface area contributed by atoms with Crippen LogP contribution in [0.5, 0.6) is 0 Å². The molecule has 1 rings (SSSR count). The first-order valence-electron chi connectivity index (χ1n) is 11.9. The summed E-state index contributed by atoms with van der Waals surface area (Å²) >= 11 is 0. The molecule has 0 aromatic carbocycles. The Morgan fingerprint density at radius 2 is 1.56 bits per heavy atom. The quantitative estimate of drug-likeness (QED) is 0.377. The second-order valence-electron chi connectivity index (χ2n) is 10.2. The number of likely N-dealkylation sites (N-methyl/N-ethyl adjacent to an activating group) is 1. The van der Waals surface area contributed by atoms with Gasteiger partial charge in [0.2, 0.25) is 17.7 Å². The molecule has 3 N–H and O–H groups in total. The molecule has 0 aliphatic carbocycles. The van der Waals surface area contributed by atoms with Crippen molar-refractivity contribution in [1.29, 1.82) is 0 Å². The minimum absolute atomic E-state index is 0.139. The molecule has 1 aliphatic rings. The van der Waals surface area contributed by atoms with Crippen LogP contribution in [-0.4, -0.2) is 88.4 Å². The molecule has 206 valence electrons. The fourth-order valence-electron chi connectivity index (χ4n) is 4.56. The molecule has 1 saturated heterocycles. The molecular weight excluding hydrogens is 485 g/mol. The molecule has 36 heavy (non-hydrogen) atoms. The maximum absolute atomic E-state index is 13.4. The zero-order valence-electron chi connectivity index (χ0n) is 21.6. The van der Waals surface area contributed by atoms with Crippen molar-refractivity contribution in [2.45, 2.75) is 84.1 Å². The smallest absolute Gasteiger partial charge is 0.471 e. The number of amides is 4. The summed E-state index contributed by atoms with van der Waals surface area (Å²) in [6, 6.07) is -2.63. The van der Waals surface area contributed by atoms with E-state index in [2.05, 4.69) is 5.32 Å². The maximum Gasteiger partial charge on any atom is 0.471 e. The Hall–Kier alpha value is -2.86. The first kappa shape index (κ1) is 31.2.